The van der Waals surface area contributed by atoms with Crippen molar-refractivity contribution in [1.29, 1.82) is 0 Å². The molecule has 5 heteroatoms. The quantitative estimate of drug-likeness (QED) is 0.196. The molecule has 7 aromatic carbocycles. The molecule has 0 fully saturated rings. The Morgan fingerprint density at radius 1 is 0.489 bits per heavy atom. The topological polar surface area (TPSA) is 26.6 Å². The Morgan fingerprint density at radius 3 is 2.13 bits per heavy atom. The third-order valence-corrected chi connectivity index (χ3v) is 10.7. The minimum atomic E-state index is 0.785. The lowest BCUT2D eigenvalue weighted by Gasteiger charge is -2.32. The highest BCUT2D eigenvalue weighted by molar-refractivity contribution is 7.26. The van der Waals surface area contributed by atoms with Crippen LogP contribution in [0.4, 0.5) is 17.1 Å². The van der Waals surface area contributed by atoms with E-state index < -0.39 is 0 Å². The van der Waals surface area contributed by atoms with Crippen LogP contribution in [0.3, 0.4) is 0 Å². The van der Waals surface area contributed by atoms with Gasteiger partial charge in [0.05, 0.1) is 22.4 Å². The zero-order chi connectivity index (χ0) is 30.6. The molecule has 0 saturated heterocycles. The van der Waals surface area contributed by atoms with Crippen molar-refractivity contribution in [3.8, 4) is 39.8 Å². The van der Waals surface area contributed by atoms with Gasteiger partial charge in [-0.3, -0.25) is 4.57 Å². The van der Waals surface area contributed by atoms with Crippen molar-refractivity contribution in [3.63, 3.8) is 0 Å². The molecule has 2 aliphatic rings. The van der Waals surface area contributed by atoms with Gasteiger partial charge in [-0.15, -0.1) is 11.3 Å². The summed E-state index contributed by atoms with van der Waals surface area (Å²) < 4.78 is 18.3. The highest BCUT2D eigenvalue weighted by Gasteiger charge is 2.34. The molecule has 47 heavy (non-hydrogen) atoms. The van der Waals surface area contributed by atoms with E-state index in [0.717, 1.165) is 73.1 Å². The van der Waals surface area contributed by atoms with Crippen LogP contribution in [0.15, 0.2) is 146 Å². The van der Waals surface area contributed by atoms with E-state index in [-0.39, 0.29) is 0 Å². The minimum absolute atomic E-state index is 0.785. The average Bonchev–Trinajstić information content (AvgIpc) is 3.68. The van der Waals surface area contributed by atoms with E-state index in [2.05, 4.69) is 137 Å². The lowest BCUT2D eigenvalue weighted by atomic mass is 10.0. The molecule has 0 amide bonds. The number of thiophene rings is 1. The first kappa shape index (κ1) is 25.2. The molecular formula is C42H24N2O2S. The van der Waals surface area contributed by atoms with Gasteiger partial charge in [-0.05, 0) is 71.8 Å². The predicted molar refractivity (Wildman–Crippen MR) is 194 cm³/mol. The first-order valence-electron chi connectivity index (χ1n) is 15.8. The van der Waals surface area contributed by atoms with Gasteiger partial charge in [0, 0.05) is 36.6 Å². The fourth-order valence-corrected chi connectivity index (χ4v) is 8.71. The second kappa shape index (κ2) is 9.25. The molecule has 2 aromatic heterocycles. The molecule has 9 aromatic rings. The number of ether oxygens (including phenoxy) is 2. The molecule has 0 saturated carbocycles. The first-order chi connectivity index (χ1) is 23.3. The molecule has 0 unspecified atom stereocenters. The summed E-state index contributed by atoms with van der Waals surface area (Å²) >= 11 is 1.84. The molecule has 0 bridgehead atoms. The van der Waals surface area contributed by atoms with Crippen molar-refractivity contribution in [3.05, 3.63) is 146 Å². The van der Waals surface area contributed by atoms with Crippen molar-refractivity contribution in [2.24, 2.45) is 0 Å². The van der Waals surface area contributed by atoms with Gasteiger partial charge in [-0.25, -0.2) is 0 Å². The van der Waals surface area contributed by atoms with Crippen molar-refractivity contribution < 1.29 is 9.47 Å². The second-order valence-electron chi connectivity index (χ2n) is 12.1. The van der Waals surface area contributed by atoms with Crippen molar-refractivity contribution >= 4 is 70.4 Å². The fraction of sp³-hybridized carbons (Fsp3) is 0. The molecule has 2 aliphatic heterocycles. The van der Waals surface area contributed by atoms with Crippen molar-refractivity contribution in [2.75, 3.05) is 4.90 Å². The number of fused-ring (bicyclic) bond motifs is 4. The van der Waals surface area contributed by atoms with Crippen LogP contribution in [0.2, 0.25) is 0 Å². The number of anilines is 3. The maximum atomic E-state index is 7.00. The lowest BCUT2D eigenvalue weighted by molar-refractivity contribution is 0.444. The third-order valence-electron chi connectivity index (χ3n) is 9.54. The molecule has 11 rings (SSSR count). The number of para-hydroxylation sites is 2. The van der Waals surface area contributed by atoms with E-state index >= 15 is 0 Å². The standard InChI is InChI=1S/C42H24N2O2S/c1-2-10-25(11-3-1)26-12-6-13-27(24-26)43(31-16-8-21-37-38(31)30-14-4-5-20-36(30)47-37)32-23-22-29-28-15-7-17-33-39(28)44-40(29)42(32)46-35-19-9-18-34(45-33)41(35)44/h1-24H. The maximum absolute atomic E-state index is 7.00. The van der Waals surface area contributed by atoms with Crippen molar-refractivity contribution in [1.82, 2.24) is 4.57 Å². The summed E-state index contributed by atoms with van der Waals surface area (Å²) in [5.74, 6) is 3.28. The zero-order valence-corrected chi connectivity index (χ0v) is 25.8. The van der Waals surface area contributed by atoms with E-state index in [1.807, 2.05) is 29.5 Å². The molecule has 0 spiro atoms. The molecule has 0 radical (unpaired) electrons. The number of rotatable bonds is 4. The lowest BCUT2D eigenvalue weighted by Crippen LogP contribution is -2.15. The van der Waals surface area contributed by atoms with Crippen LogP contribution in [0.1, 0.15) is 0 Å². The van der Waals surface area contributed by atoms with E-state index in [1.54, 1.807) is 0 Å². The summed E-state index contributed by atoms with van der Waals surface area (Å²) in [5, 5.41) is 4.79. The van der Waals surface area contributed by atoms with Crippen LogP contribution in [-0.4, -0.2) is 4.57 Å². The van der Waals surface area contributed by atoms with Gasteiger partial charge in [0.15, 0.2) is 23.0 Å². The van der Waals surface area contributed by atoms with Crippen LogP contribution in [0.5, 0.6) is 23.0 Å². The highest BCUT2D eigenvalue weighted by atomic mass is 32.1. The molecule has 4 nitrogen and oxygen atoms in total. The smallest absolute Gasteiger partial charge is 0.176 e. The monoisotopic (exact) mass is 620 g/mol. The van der Waals surface area contributed by atoms with Gasteiger partial charge in [0.25, 0.3) is 0 Å². The van der Waals surface area contributed by atoms with Gasteiger partial charge in [0.1, 0.15) is 5.69 Å². The van der Waals surface area contributed by atoms with Gasteiger partial charge in [-0.2, -0.15) is 0 Å². The number of nitrogens with zero attached hydrogens (tertiary/aromatic N) is 2. The Hall–Kier alpha value is -6.04. The van der Waals surface area contributed by atoms with E-state index in [0.29, 0.717) is 0 Å². The van der Waals surface area contributed by atoms with E-state index in [9.17, 15) is 0 Å². The van der Waals surface area contributed by atoms with Crippen LogP contribution in [-0.2, 0) is 0 Å². The van der Waals surface area contributed by atoms with Crippen LogP contribution < -0.4 is 14.4 Å². The van der Waals surface area contributed by atoms with Crippen LogP contribution >= 0.6 is 11.3 Å². The molecule has 0 aliphatic carbocycles. The van der Waals surface area contributed by atoms with Crippen molar-refractivity contribution in [2.45, 2.75) is 0 Å². The Kier molecular flexibility index (Phi) is 4.96. The molecule has 0 atom stereocenters. The number of benzene rings is 7. The summed E-state index contributed by atoms with van der Waals surface area (Å²) in [7, 11) is 0. The average molecular weight is 621 g/mol. The SMILES string of the molecule is c1ccc(-c2cccc(N(c3ccc4c5cccc6c5n5c4c3Oc3cccc(c3-5)O6)c3cccc4sc5ccccc5c34)c2)cc1. The van der Waals surface area contributed by atoms with Gasteiger partial charge < -0.3 is 14.4 Å². The second-order valence-corrected chi connectivity index (χ2v) is 13.2. The van der Waals surface area contributed by atoms with Crippen LogP contribution in [0, 0.1) is 0 Å². The minimum Gasteiger partial charge on any atom is -0.453 e. The summed E-state index contributed by atoms with van der Waals surface area (Å²) in [4.78, 5) is 2.39. The Balaban J connectivity index is 1.26. The maximum Gasteiger partial charge on any atom is 0.176 e. The summed E-state index contributed by atoms with van der Waals surface area (Å²) in [5.41, 5.74) is 8.58. The predicted octanol–water partition coefficient (Wildman–Crippen LogP) is 12.5. The number of hydrogen-bond donors (Lipinski definition) is 0. The van der Waals surface area contributed by atoms with Gasteiger partial charge in [0.2, 0.25) is 0 Å². The first-order valence-corrected chi connectivity index (χ1v) is 16.6. The van der Waals surface area contributed by atoms with E-state index in [1.165, 1.54) is 25.7 Å². The fourth-order valence-electron chi connectivity index (χ4n) is 7.59. The Morgan fingerprint density at radius 2 is 1.19 bits per heavy atom. The molecule has 0 N–H and O–H groups in total. The van der Waals surface area contributed by atoms with Gasteiger partial charge >= 0.3 is 0 Å². The summed E-state index contributed by atoms with van der Waals surface area (Å²) in [6, 6.07) is 51.6. The zero-order valence-electron chi connectivity index (χ0n) is 25.0. The van der Waals surface area contributed by atoms with Crippen LogP contribution in [0.25, 0.3) is 58.8 Å². The largest absolute Gasteiger partial charge is 0.453 e. The summed E-state index contributed by atoms with van der Waals surface area (Å²) in [6.07, 6.45) is 0. The Labute approximate surface area is 273 Å². The highest BCUT2D eigenvalue weighted by Crippen LogP contribution is 2.57. The molecule has 4 heterocycles. The number of hydrogen-bond acceptors (Lipinski definition) is 4. The molecule has 220 valence electrons. The van der Waals surface area contributed by atoms with Gasteiger partial charge in [-0.1, -0.05) is 84.9 Å². The normalized spacial score (nSPS) is 12.6. The summed E-state index contributed by atoms with van der Waals surface area (Å²) in [6.45, 7) is 0. The van der Waals surface area contributed by atoms with E-state index in [4.69, 9.17) is 9.47 Å². The third kappa shape index (κ3) is 3.41. The molecular weight excluding hydrogens is 597 g/mol. The Bertz CT molecular complexity index is 2760. The number of aromatic nitrogens is 1.